The highest BCUT2D eigenvalue weighted by Gasteiger charge is 2.36. The molecule has 0 spiro atoms. The van der Waals surface area contributed by atoms with E-state index in [0.29, 0.717) is 103 Å². The third kappa shape index (κ3) is 15.1. The van der Waals surface area contributed by atoms with Crippen molar-refractivity contribution < 1.29 is 46.7 Å². The standard InChI is InChI=1S/C66H66N21O10PS3/c1-4-92-46-19-43(20-46)85-31-52(58(79-85)49-13-7-10-16-67-49)73-61(88)55-34-99-64(76-55)40-25-70-82(28-40)37-95-98(91,96-38-83-29-41(26-71-83)65-77-56(35-100-65)62(89)74-53-32-86(44-21-47(22-44)93-5-2)80-59(53)50-14-8-11-17-68-50)97-39-84-30-42(27-72-84)66-78-57(36-101-66)63(90)75-54-33-87(45-23-48(24-45)94-6-3)81-60(54)51-15-9-12-18-69-51/h7-18,25-36,43-48H,4-6,19-24,37-39H2,1-3H3,(H,73,88)(H,74,89)(H,75,90). The van der Waals surface area contributed by atoms with Crippen LogP contribution in [0.1, 0.15) is 109 Å². The van der Waals surface area contributed by atoms with Gasteiger partial charge in [-0.25, -0.2) is 33.6 Å². The van der Waals surface area contributed by atoms with Crippen LogP contribution >= 0.6 is 41.8 Å². The number of amides is 3. The number of nitrogens with zero attached hydrogens (tertiary/aromatic N) is 18. The highest BCUT2D eigenvalue weighted by atomic mass is 32.1. The van der Waals surface area contributed by atoms with Crippen LogP contribution in [0, 0.1) is 0 Å². The number of anilines is 3. The van der Waals surface area contributed by atoms with Crippen LogP contribution in [0.4, 0.5) is 17.1 Å². The Morgan fingerprint density at radius 1 is 0.455 bits per heavy atom. The Kier molecular flexibility index (Phi) is 19.6. The van der Waals surface area contributed by atoms with Crippen molar-refractivity contribution in [3.8, 4) is 65.9 Å². The van der Waals surface area contributed by atoms with Crippen molar-refractivity contribution in [2.75, 3.05) is 35.8 Å². The molecule has 12 heterocycles. The Hall–Kier alpha value is -10.0. The van der Waals surface area contributed by atoms with Gasteiger partial charge in [-0.1, -0.05) is 18.2 Å². The summed E-state index contributed by atoms with van der Waals surface area (Å²) in [6.07, 6.45) is 25.3. The number of nitrogens with one attached hydrogen (secondary N) is 3. The molecule has 3 N–H and O–H groups in total. The van der Waals surface area contributed by atoms with Crippen molar-refractivity contribution in [3.05, 3.63) is 162 Å². The summed E-state index contributed by atoms with van der Waals surface area (Å²) in [5, 5.41) is 43.3. The number of carbonyl (C=O) groups excluding carboxylic acids is 3. The maximum atomic E-state index is 14.9. The van der Waals surface area contributed by atoms with E-state index >= 15 is 0 Å². The van der Waals surface area contributed by atoms with E-state index in [2.05, 4.69) is 61.2 Å². The topological polar surface area (TPSA) is 344 Å². The lowest BCUT2D eigenvalue weighted by atomic mass is 9.89. The van der Waals surface area contributed by atoms with Crippen molar-refractivity contribution in [2.24, 2.45) is 0 Å². The zero-order valence-corrected chi connectivity index (χ0v) is 58.0. The predicted octanol–water partition coefficient (Wildman–Crippen LogP) is 11.8. The summed E-state index contributed by atoms with van der Waals surface area (Å²) < 4.78 is 59.9. The van der Waals surface area contributed by atoms with Crippen LogP contribution in [-0.4, -0.2) is 144 Å². The third-order valence-electron chi connectivity index (χ3n) is 17.1. The first-order valence-corrected chi connectivity index (χ1v) is 36.8. The second kappa shape index (κ2) is 29.7. The van der Waals surface area contributed by atoms with Gasteiger partial charge in [0.1, 0.15) is 49.2 Å². The lowest BCUT2D eigenvalue weighted by molar-refractivity contribution is -0.0228. The van der Waals surface area contributed by atoms with Crippen molar-refractivity contribution in [2.45, 2.75) is 116 Å². The van der Waals surface area contributed by atoms with Crippen LogP contribution in [0.2, 0.25) is 0 Å². The van der Waals surface area contributed by atoms with Gasteiger partial charge in [0.15, 0.2) is 20.2 Å². The average molecular weight is 1440 g/mol. The molecule has 3 fully saturated rings. The molecule has 0 bridgehead atoms. The van der Waals surface area contributed by atoms with Gasteiger partial charge in [-0.15, -0.1) is 34.0 Å². The number of ether oxygens (including phenoxy) is 3. The minimum absolute atomic E-state index is 0.114. The maximum absolute atomic E-state index is 14.9. The van der Waals surface area contributed by atoms with E-state index in [1.807, 2.05) is 108 Å². The van der Waals surface area contributed by atoms with Crippen LogP contribution < -0.4 is 16.0 Å². The summed E-state index contributed by atoms with van der Waals surface area (Å²) in [6, 6.07) is 16.9. The van der Waals surface area contributed by atoms with Gasteiger partial charge in [0.25, 0.3) is 17.7 Å². The average Bonchev–Trinajstić information content (AvgIpc) is 1.67. The minimum Gasteiger partial charge on any atom is -0.378 e. The second-order valence-corrected chi connectivity index (χ2v) is 28.1. The number of thiazole rings is 3. The third-order valence-corrected chi connectivity index (χ3v) is 21.1. The molecule has 0 atom stereocenters. The largest absolute Gasteiger partial charge is 0.480 e. The van der Waals surface area contributed by atoms with E-state index in [9.17, 15) is 18.9 Å². The Labute approximate surface area is 588 Å². The van der Waals surface area contributed by atoms with Gasteiger partial charge in [0, 0.05) is 108 Å². The fourth-order valence-electron chi connectivity index (χ4n) is 11.7. The van der Waals surface area contributed by atoms with Gasteiger partial charge >= 0.3 is 7.82 Å². The zero-order chi connectivity index (χ0) is 69.0. The molecule has 518 valence electrons. The monoisotopic (exact) mass is 1440 g/mol. The van der Waals surface area contributed by atoms with Gasteiger partial charge in [0.2, 0.25) is 0 Å². The number of pyridine rings is 3. The number of phosphoric acid groups is 1. The minimum atomic E-state index is -4.57. The van der Waals surface area contributed by atoms with E-state index in [-0.39, 0.29) is 53.5 Å². The molecule has 0 aliphatic heterocycles. The molecule has 35 heteroatoms. The lowest BCUT2D eigenvalue weighted by Gasteiger charge is -2.34. The fraction of sp³-hybridized carbons (Fsp3) is 0.318. The number of aromatic nitrogens is 18. The highest BCUT2D eigenvalue weighted by Crippen LogP contribution is 2.51. The molecule has 3 amide bonds. The zero-order valence-electron chi connectivity index (χ0n) is 54.6. The Balaban J connectivity index is 0.622. The first-order chi connectivity index (χ1) is 49.4. The van der Waals surface area contributed by atoms with Gasteiger partial charge in [-0.05, 0) is 95.7 Å². The summed E-state index contributed by atoms with van der Waals surface area (Å²) in [4.78, 5) is 69.1. The van der Waals surface area contributed by atoms with E-state index in [4.69, 9.17) is 43.1 Å². The number of hydrogen-bond acceptors (Lipinski definition) is 25. The molecule has 0 saturated heterocycles. The lowest BCUT2D eigenvalue weighted by Crippen LogP contribution is -2.33. The predicted molar refractivity (Wildman–Crippen MR) is 372 cm³/mol. The molecule has 31 nitrogen and oxygen atoms in total. The van der Waals surface area contributed by atoms with Crippen molar-refractivity contribution in [1.82, 2.24) is 88.6 Å². The van der Waals surface area contributed by atoms with Crippen molar-refractivity contribution in [1.29, 1.82) is 0 Å². The van der Waals surface area contributed by atoms with Gasteiger partial charge in [-0.2, -0.15) is 30.6 Å². The first kappa shape index (κ1) is 66.9. The van der Waals surface area contributed by atoms with Crippen LogP contribution in [0.5, 0.6) is 0 Å². The summed E-state index contributed by atoms with van der Waals surface area (Å²) in [5.74, 6) is -1.34. The molecule has 101 heavy (non-hydrogen) atoms. The maximum Gasteiger partial charge on any atom is 0.480 e. The van der Waals surface area contributed by atoms with E-state index < -0.39 is 45.7 Å². The molecule has 0 radical (unpaired) electrons. The number of hydrogen-bond donors (Lipinski definition) is 3. The Bertz CT molecular complexity index is 4430. The second-order valence-electron chi connectivity index (χ2n) is 23.9. The quantitative estimate of drug-likeness (QED) is 0.0352. The van der Waals surface area contributed by atoms with Crippen LogP contribution in [0.15, 0.2) is 145 Å². The molecule has 3 aliphatic carbocycles. The molecule has 0 aromatic carbocycles. The molecule has 12 aromatic rings. The highest BCUT2D eigenvalue weighted by molar-refractivity contribution is 7.48. The summed E-state index contributed by atoms with van der Waals surface area (Å²) in [5.41, 5.74) is 6.99. The van der Waals surface area contributed by atoms with Crippen LogP contribution in [0.25, 0.3) is 65.9 Å². The number of phosphoric ester groups is 1. The summed E-state index contributed by atoms with van der Waals surface area (Å²) in [6.45, 7) is 6.56. The normalized spacial score (nSPS) is 18.5. The number of rotatable bonds is 30. The molecule has 3 saturated carbocycles. The molecular formula is C66H66N21O10PS3. The fourth-order valence-corrected chi connectivity index (χ4v) is 15.0. The molecular weight excluding hydrogens is 1370 g/mol. The van der Waals surface area contributed by atoms with Crippen LogP contribution in [0.3, 0.4) is 0 Å². The summed E-state index contributed by atoms with van der Waals surface area (Å²) in [7, 11) is -4.57. The Morgan fingerprint density at radius 3 is 1.04 bits per heavy atom. The van der Waals surface area contributed by atoms with Gasteiger partial charge in [-0.3, -0.25) is 57.0 Å². The van der Waals surface area contributed by atoms with E-state index in [0.717, 1.165) is 38.5 Å². The Morgan fingerprint density at radius 2 is 0.762 bits per heavy atom. The van der Waals surface area contributed by atoms with Crippen molar-refractivity contribution >= 4 is 76.6 Å². The molecule has 0 unspecified atom stereocenters. The number of carbonyl (C=O) groups is 3. The van der Waals surface area contributed by atoms with Crippen molar-refractivity contribution in [3.63, 3.8) is 0 Å². The molecule has 3 aliphatic rings. The molecule has 12 aromatic heterocycles. The molecule has 15 rings (SSSR count). The van der Waals surface area contributed by atoms with E-state index in [1.165, 1.54) is 66.6 Å². The van der Waals surface area contributed by atoms with Crippen LogP contribution in [-0.2, 0) is 52.5 Å². The van der Waals surface area contributed by atoms with E-state index in [1.54, 1.807) is 53.3 Å². The summed E-state index contributed by atoms with van der Waals surface area (Å²) >= 11 is 3.70. The van der Waals surface area contributed by atoms with Gasteiger partial charge < -0.3 is 30.2 Å². The van der Waals surface area contributed by atoms with Gasteiger partial charge in [0.05, 0.1) is 89.2 Å². The SMILES string of the molecule is CCOC1CC(n2cc(NC(=O)c3csc(-c4cnn(COP(=O)(OCn5cc(-c6nc(C(=O)Nc7cn(C8CC(OCC)C8)nc7-c7ccccn7)cs6)cn5)OCn5cc(-c6nc(C(=O)Nc7cn(C8CC(OCC)C8)nc7-c7ccccn7)cs6)cn5)c4)n3)c(-c3ccccn3)n2)C1. The first-order valence-electron chi connectivity index (χ1n) is 32.7. The smallest absolute Gasteiger partial charge is 0.378 e.